The van der Waals surface area contributed by atoms with Crippen LogP contribution in [0.25, 0.3) is 0 Å². The van der Waals surface area contributed by atoms with Crippen molar-refractivity contribution in [1.29, 1.82) is 0 Å². The van der Waals surface area contributed by atoms with Crippen LogP contribution in [0.5, 0.6) is 11.5 Å². The van der Waals surface area contributed by atoms with Gasteiger partial charge in [-0.1, -0.05) is 18.5 Å². The number of hydrogen-bond donors (Lipinski definition) is 1. The average Bonchev–Trinajstić information content (AvgIpc) is 2.43. The fourth-order valence-electron chi connectivity index (χ4n) is 2.40. The first kappa shape index (κ1) is 14.4. The number of halogens is 1. The first-order valence-electron chi connectivity index (χ1n) is 6.64. The smallest absolute Gasteiger partial charge is 0.176 e. The lowest BCUT2D eigenvalue weighted by atomic mass is 10.1. The number of hydrogen-bond acceptors (Lipinski definition) is 4. The quantitative estimate of drug-likeness (QED) is 0.919. The van der Waals surface area contributed by atoms with E-state index in [-0.39, 0.29) is 5.75 Å². The van der Waals surface area contributed by atoms with Crippen molar-refractivity contribution >= 4 is 11.6 Å². The van der Waals surface area contributed by atoms with Crippen LogP contribution in [0.1, 0.15) is 12.5 Å². The summed E-state index contributed by atoms with van der Waals surface area (Å²) in [7, 11) is 1.54. The zero-order chi connectivity index (χ0) is 13.8. The Labute approximate surface area is 119 Å². The molecule has 1 heterocycles. The Morgan fingerprint density at radius 3 is 2.42 bits per heavy atom. The van der Waals surface area contributed by atoms with E-state index in [1.807, 2.05) is 12.1 Å². The topological polar surface area (TPSA) is 35.9 Å². The molecule has 0 bridgehead atoms. The lowest BCUT2D eigenvalue weighted by Gasteiger charge is -2.34. The van der Waals surface area contributed by atoms with Crippen LogP contribution in [0.4, 0.5) is 0 Å². The van der Waals surface area contributed by atoms with E-state index >= 15 is 0 Å². The number of ether oxygens (including phenoxy) is 1. The number of methoxy groups -OCH3 is 1. The molecule has 2 rings (SSSR count). The monoisotopic (exact) mass is 284 g/mol. The Bertz CT molecular complexity index is 432. The molecule has 0 aromatic heterocycles. The van der Waals surface area contributed by atoms with Crippen LogP contribution in [-0.4, -0.2) is 54.7 Å². The fourth-order valence-corrected chi connectivity index (χ4v) is 2.63. The maximum Gasteiger partial charge on any atom is 0.176 e. The van der Waals surface area contributed by atoms with Gasteiger partial charge >= 0.3 is 0 Å². The molecule has 0 spiro atoms. The van der Waals surface area contributed by atoms with Gasteiger partial charge in [0.1, 0.15) is 0 Å². The van der Waals surface area contributed by atoms with Gasteiger partial charge in [0.05, 0.1) is 12.1 Å². The Balaban J connectivity index is 2.02. The van der Waals surface area contributed by atoms with Gasteiger partial charge in [0.15, 0.2) is 11.5 Å². The molecule has 1 aliphatic heterocycles. The van der Waals surface area contributed by atoms with Crippen molar-refractivity contribution in [2.75, 3.05) is 39.8 Å². The predicted molar refractivity (Wildman–Crippen MR) is 77.1 cm³/mol. The molecule has 4 nitrogen and oxygen atoms in total. The van der Waals surface area contributed by atoms with Crippen molar-refractivity contribution in [3.63, 3.8) is 0 Å². The van der Waals surface area contributed by atoms with Gasteiger partial charge < -0.3 is 14.7 Å². The molecular weight excluding hydrogens is 264 g/mol. The summed E-state index contributed by atoms with van der Waals surface area (Å²) >= 11 is 6.00. The van der Waals surface area contributed by atoms with E-state index in [9.17, 15) is 5.11 Å². The second kappa shape index (κ2) is 6.46. The Hall–Kier alpha value is -0.970. The predicted octanol–water partition coefficient (Wildman–Crippen LogP) is 2.19. The number of rotatable bonds is 4. The Morgan fingerprint density at radius 2 is 1.84 bits per heavy atom. The average molecular weight is 285 g/mol. The van der Waals surface area contributed by atoms with Gasteiger partial charge in [0.25, 0.3) is 0 Å². The van der Waals surface area contributed by atoms with Gasteiger partial charge in [-0.2, -0.15) is 0 Å². The minimum absolute atomic E-state index is 0.0173. The number of piperazine rings is 1. The lowest BCUT2D eigenvalue weighted by molar-refractivity contribution is 0.132. The summed E-state index contributed by atoms with van der Waals surface area (Å²) in [6, 6.07) is 3.67. The number of benzene rings is 1. The van der Waals surface area contributed by atoms with Crippen LogP contribution in [-0.2, 0) is 6.54 Å². The highest BCUT2D eigenvalue weighted by atomic mass is 35.5. The molecule has 0 atom stereocenters. The van der Waals surface area contributed by atoms with Crippen molar-refractivity contribution in [3.05, 3.63) is 22.7 Å². The second-order valence-electron chi connectivity index (χ2n) is 4.84. The number of phenolic OH excluding ortho intramolecular Hbond substituents is 1. The van der Waals surface area contributed by atoms with Crippen LogP contribution in [0.3, 0.4) is 0 Å². The van der Waals surface area contributed by atoms with Crippen LogP contribution >= 0.6 is 11.6 Å². The molecule has 1 fully saturated rings. The maximum absolute atomic E-state index is 9.72. The molecule has 1 aromatic carbocycles. The Kier molecular flexibility index (Phi) is 4.91. The molecule has 19 heavy (non-hydrogen) atoms. The number of nitrogens with zero attached hydrogens (tertiary/aromatic N) is 2. The first-order chi connectivity index (χ1) is 9.13. The summed E-state index contributed by atoms with van der Waals surface area (Å²) in [4.78, 5) is 4.84. The van der Waals surface area contributed by atoms with E-state index in [1.165, 1.54) is 7.11 Å². The zero-order valence-corrected chi connectivity index (χ0v) is 12.3. The third-order valence-electron chi connectivity index (χ3n) is 3.63. The first-order valence-corrected chi connectivity index (χ1v) is 7.02. The molecule has 0 amide bonds. The molecule has 0 unspecified atom stereocenters. The van der Waals surface area contributed by atoms with Crippen molar-refractivity contribution in [1.82, 2.24) is 9.80 Å². The largest absolute Gasteiger partial charge is 0.503 e. The second-order valence-corrected chi connectivity index (χ2v) is 5.25. The van der Waals surface area contributed by atoms with Crippen LogP contribution in [0, 0.1) is 0 Å². The van der Waals surface area contributed by atoms with Crippen LogP contribution in [0.15, 0.2) is 12.1 Å². The van der Waals surface area contributed by atoms with Crippen LogP contribution in [0.2, 0.25) is 5.02 Å². The van der Waals surface area contributed by atoms with E-state index in [0.29, 0.717) is 10.8 Å². The van der Waals surface area contributed by atoms with E-state index in [4.69, 9.17) is 16.3 Å². The van der Waals surface area contributed by atoms with E-state index in [2.05, 4.69) is 16.7 Å². The maximum atomic E-state index is 9.72. The van der Waals surface area contributed by atoms with Gasteiger partial charge in [-0.3, -0.25) is 4.90 Å². The molecule has 0 aliphatic carbocycles. The molecule has 106 valence electrons. The normalized spacial score (nSPS) is 17.6. The third kappa shape index (κ3) is 3.53. The van der Waals surface area contributed by atoms with Crippen molar-refractivity contribution in [2.24, 2.45) is 0 Å². The van der Waals surface area contributed by atoms with Gasteiger partial charge in [0, 0.05) is 32.7 Å². The molecule has 1 saturated heterocycles. The highest BCUT2D eigenvalue weighted by Crippen LogP contribution is 2.35. The summed E-state index contributed by atoms with van der Waals surface area (Å²) in [5.41, 5.74) is 1.07. The van der Waals surface area contributed by atoms with Gasteiger partial charge in [-0.05, 0) is 24.2 Å². The van der Waals surface area contributed by atoms with Gasteiger partial charge in [-0.25, -0.2) is 0 Å². The highest BCUT2D eigenvalue weighted by molar-refractivity contribution is 6.32. The van der Waals surface area contributed by atoms with Gasteiger partial charge in [-0.15, -0.1) is 0 Å². The standard InChI is InChI=1S/C14H21ClN2O2/c1-3-16-4-6-17(7-5-16)10-11-8-12(15)14(18)13(9-11)19-2/h8-9,18H,3-7,10H2,1-2H3. The Morgan fingerprint density at radius 1 is 1.21 bits per heavy atom. The molecule has 0 radical (unpaired) electrons. The van der Waals surface area contributed by atoms with Crippen molar-refractivity contribution in [3.8, 4) is 11.5 Å². The van der Waals surface area contributed by atoms with E-state index in [0.717, 1.165) is 44.8 Å². The summed E-state index contributed by atoms with van der Waals surface area (Å²) in [5.74, 6) is 0.457. The number of likely N-dealkylation sites (N-methyl/N-ethyl adjacent to an activating group) is 1. The minimum atomic E-state index is 0.0173. The number of aromatic hydroxyl groups is 1. The summed E-state index contributed by atoms with van der Waals surface area (Å²) < 4.78 is 5.13. The SMILES string of the molecule is CCN1CCN(Cc2cc(Cl)c(O)c(OC)c2)CC1. The highest BCUT2D eigenvalue weighted by Gasteiger charge is 2.17. The van der Waals surface area contributed by atoms with Crippen molar-refractivity contribution in [2.45, 2.75) is 13.5 Å². The molecule has 5 heteroatoms. The van der Waals surface area contributed by atoms with Gasteiger partial charge in [0.2, 0.25) is 0 Å². The summed E-state index contributed by atoms with van der Waals surface area (Å²) in [6.07, 6.45) is 0. The molecule has 1 N–H and O–H groups in total. The third-order valence-corrected chi connectivity index (χ3v) is 3.91. The van der Waals surface area contributed by atoms with E-state index in [1.54, 1.807) is 0 Å². The summed E-state index contributed by atoms with van der Waals surface area (Å²) in [6.45, 7) is 8.50. The molecular formula is C14H21ClN2O2. The van der Waals surface area contributed by atoms with Crippen molar-refractivity contribution < 1.29 is 9.84 Å². The van der Waals surface area contributed by atoms with Crippen LogP contribution < -0.4 is 4.74 Å². The lowest BCUT2D eigenvalue weighted by Crippen LogP contribution is -2.45. The molecule has 0 saturated carbocycles. The molecule has 1 aromatic rings. The number of phenols is 1. The molecule has 1 aliphatic rings. The van der Waals surface area contributed by atoms with E-state index < -0.39 is 0 Å². The summed E-state index contributed by atoms with van der Waals surface area (Å²) in [5, 5.41) is 10.1. The fraction of sp³-hybridized carbons (Fsp3) is 0.571. The zero-order valence-electron chi connectivity index (χ0n) is 11.5. The minimum Gasteiger partial charge on any atom is -0.503 e.